The second kappa shape index (κ2) is 7.75. The van der Waals surface area contributed by atoms with Gasteiger partial charge in [-0.25, -0.2) is 9.82 Å². The number of carbonyl (C=O) groups is 1. The van der Waals surface area contributed by atoms with E-state index in [9.17, 15) is 9.18 Å². The predicted octanol–water partition coefficient (Wildman–Crippen LogP) is 2.15. The molecule has 0 bridgehead atoms. The van der Waals surface area contributed by atoms with Crippen LogP contribution in [-0.2, 0) is 4.79 Å². The molecule has 0 spiro atoms. The Morgan fingerprint density at radius 1 is 1.25 bits per heavy atom. The number of hydrazone groups is 1. The Labute approximate surface area is 118 Å². The van der Waals surface area contributed by atoms with E-state index in [1.54, 1.807) is 18.2 Å². The third kappa shape index (κ3) is 4.74. The molecule has 0 unspecified atom stereocenters. The van der Waals surface area contributed by atoms with Gasteiger partial charge in [-0.15, -0.1) is 0 Å². The normalized spacial score (nSPS) is 17.1. The molecule has 108 valence electrons. The van der Waals surface area contributed by atoms with Crippen LogP contribution in [0.1, 0.15) is 31.2 Å². The molecule has 0 saturated carbocycles. The topological polar surface area (TPSA) is 44.7 Å². The highest BCUT2D eigenvalue weighted by Gasteiger charge is 2.12. The standard InChI is InChI=1S/C15H20FN3O/c16-14-8-4-3-7-13(14)11-17-18-15(20)12-19-9-5-1-2-6-10-19/h3-4,7-8,11H,1-2,5-6,9-10,12H2,(H,18,20)/b17-11+. The van der Waals surface area contributed by atoms with Crippen LogP contribution in [0.4, 0.5) is 4.39 Å². The van der Waals surface area contributed by atoms with E-state index >= 15 is 0 Å². The molecule has 4 nitrogen and oxygen atoms in total. The van der Waals surface area contributed by atoms with Crippen molar-refractivity contribution in [2.24, 2.45) is 5.10 Å². The van der Waals surface area contributed by atoms with E-state index in [2.05, 4.69) is 15.4 Å². The molecule has 1 aliphatic heterocycles. The number of benzene rings is 1. The summed E-state index contributed by atoms with van der Waals surface area (Å²) in [4.78, 5) is 13.9. The van der Waals surface area contributed by atoms with Gasteiger partial charge in [0.2, 0.25) is 0 Å². The Hall–Kier alpha value is -1.75. The molecule has 5 heteroatoms. The van der Waals surface area contributed by atoms with Crippen LogP contribution in [0.3, 0.4) is 0 Å². The summed E-state index contributed by atoms with van der Waals surface area (Å²) in [5.41, 5.74) is 2.81. The Morgan fingerprint density at radius 3 is 2.65 bits per heavy atom. The Bertz CT molecular complexity index is 468. The number of rotatable bonds is 4. The molecule has 1 aromatic carbocycles. The van der Waals surface area contributed by atoms with Crippen molar-refractivity contribution in [1.29, 1.82) is 0 Å². The van der Waals surface area contributed by atoms with Gasteiger partial charge in [0.25, 0.3) is 5.91 Å². The molecule has 1 N–H and O–H groups in total. The van der Waals surface area contributed by atoms with E-state index in [4.69, 9.17) is 0 Å². The molecule has 1 heterocycles. The molecule has 1 fully saturated rings. The van der Waals surface area contributed by atoms with Crippen molar-refractivity contribution < 1.29 is 9.18 Å². The van der Waals surface area contributed by atoms with E-state index in [1.807, 2.05) is 0 Å². The lowest BCUT2D eigenvalue weighted by molar-refractivity contribution is -0.122. The average molecular weight is 277 g/mol. The van der Waals surface area contributed by atoms with Crippen molar-refractivity contribution in [2.75, 3.05) is 19.6 Å². The second-order valence-corrected chi connectivity index (χ2v) is 5.01. The third-order valence-corrected chi connectivity index (χ3v) is 3.36. The van der Waals surface area contributed by atoms with Crippen molar-refractivity contribution in [1.82, 2.24) is 10.3 Å². The van der Waals surface area contributed by atoms with Gasteiger partial charge in [0.15, 0.2) is 0 Å². The molecule has 1 amide bonds. The van der Waals surface area contributed by atoms with Crippen molar-refractivity contribution in [3.05, 3.63) is 35.6 Å². The van der Waals surface area contributed by atoms with Crippen molar-refractivity contribution in [2.45, 2.75) is 25.7 Å². The van der Waals surface area contributed by atoms with Gasteiger partial charge in [-0.1, -0.05) is 31.0 Å². The molecule has 20 heavy (non-hydrogen) atoms. The lowest BCUT2D eigenvalue weighted by atomic mass is 10.2. The first kappa shape index (κ1) is 14.7. The number of likely N-dealkylation sites (tertiary alicyclic amines) is 1. The number of hydrogen-bond donors (Lipinski definition) is 1. The minimum absolute atomic E-state index is 0.153. The number of amides is 1. The molecular weight excluding hydrogens is 257 g/mol. The molecule has 0 aliphatic carbocycles. The summed E-state index contributed by atoms with van der Waals surface area (Å²) >= 11 is 0. The van der Waals surface area contributed by atoms with Crippen LogP contribution in [0.2, 0.25) is 0 Å². The largest absolute Gasteiger partial charge is 0.294 e. The van der Waals surface area contributed by atoms with Crippen molar-refractivity contribution >= 4 is 12.1 Å². The number of carbonyl (C=O) groups excluding carboxylic acids is 1. The molecule has 0 atom stereocenters. The van der Waals surface area contributed by atoms with Gasteiger partial charge >= 0.3 is 0 Å². The highest BCUT2D eigenvalue weighted by atomic mass is 19.1. The van der Waals surface area contributed by atoms with E-state index in [0.717, 1.165) is 25.9 Å². The van der Waals surface area contributed by atoms with Crippen molar-refractivity contribution in [3.8, 4) is 0 Å². The van der Waals surface area contributed by atoms with Gasteiger partial charge in [-0.3, -0.25) is 9.69 Å². The van der Waals surface area contributed by atoms with Gasteiger partial charge in [0.1, 0.15) is 5.82 Å². The molecule has 1 saturated heterocycles. The van der Waals surface area contributed by atoms with E-state index in [1.165, 1.54) is 25.1 Å². The van der Waals surface area contributed by atoms with Crippen LogP contribution < -0.4 is 5.43 Å². The first-order valence-corrected chi connectivity index (χ1v) is 7.04. The SMILES string of the molecule is O=C(CN1CCCCCC1)N/N=C/c1ccccc1F. The summed E-state index contributed by atoms with van der Waals surface area (Å²) in [7, 11) is 0. The fraction of sp³-hybridized carbons (Fsp3) is 0.467. The molecule has 1 aliphatic rings. The molecular formula is C15H20FN3O. The van der Waals surface area contributed by atoms with Gasteiger partial charge in [-0.05, 0) is 32.0 Å². The van der Waals surface area contributed by atoms with Gasteiger partial charge in [0.05, 0.1) is 12.8 Å². The molecule has 0 aromatic heterocycles. The lowest BCUT2D eigenvalue weighted by Gasteiger charge is -2.17. The maximum Gasteiger partial charge on any atom is 0.254 e. The second-order valence-electron chi connectivity index (χ2n) is 5.01. The zero-order valence-electron chi connectivity index (χ0n) is 11.5. The number of nitrogens with one attached hydrogen (secondary N) is 1. The minimum Gasteiger partial charge on any atom is -0.294 e. The maximum absolute atomic E-state index is 13.3. The molecule has 1 aromatic rings. The Kier molecular flexibility index (Phi) is 5.68. The highest BCUT2D eigenvalue weighted by Crippen LogP contribution is 2.08. The van der Waals surface area contributed by atoms with E-state index in [0.29, 0.717) is 12.1 Å². The van der Waals surface area contributed by atoms with Gasteiger partial charge in [0, 0.05) is 5.56 Å². The van der Waals surface area contributed by atoms with Crippen LogP contribution in [-0.4, -0.2) is 36.7 Å². The smallest absolute Gasteiger partial charge is 0.254 e. The third-order valence-electron chi connectivity index (χ3n) is 3.36. The Morgan fingerprint density at radius 2 is 1.95 bits per heavy atom. The summed E-state index contributed by atoms with van der Waals surface area (Å²) in [6.45, 7) is 2.28. The maximum atomic E-state index is 13.3. The first-order valence-electron chi connectivity index (χ1n) is 7.04. The zero-order chi connectivity index (χ0) is 14.2. The van der Waals surface area contributed by atoms with E-state index in [-0.39, 0.29) is 11.7 Å². The fourth-order valence-corrected chi connectivity index (χ4v) is 2.29. The quantitative estimate of drug-likeness (QED) is 0.677. The minimum atomic E-state index is -0.349. The predicted molar refractivity (Wildman–Crippen MR) is 77.0 cm³/mol. The van der Waals surface area contributed by atoms with Gasteiger partial charge < -0.3 is 0 Å². The molecule has 0 radical (unpaired) electrons. The van der Waals surface area contributed by atoms with Gasteiger partial charge in [-0.2, -0.15) is 5.10 Å². The highest BCUT2D eigenvalue weighted by molar-refractivity contribution is 5.83. The summed E-state index contributed by atoms with van der Waals surface area (Å²) in [5, 5.41) is 3.80. The summed E-state index contributed by atoms with van der Waals surface area (Å²) in [5.74, 6) is -0.502. The van der Waals surface area contributed by atoms with Crippen LogP contribution in [0.5, 0.6) is 0 Å². The lowest BCUT2D eigenvalue weighted by Crippen LogP contribution is -2.35. The van der Waals surface area contributed by atoms with E-state index < -0.39 is 0 Å². The number of nitrogens with zero attached hydrogens (tertiary/aromatic N) is 2. The van der Waals surface area contributed by atoms with Crippen molar-refractivity contribution in [3.63, 3.8) is 0 Å². The fourth-order valence-electron chi connectivity index (χ4n) is 2.29. The number of halogens is 1. The monoisotopic (exact) mass is 277 g/mol. The molecule has 2 rings (SSSR count). The summed E-state index contributed by atoms with van der Waals surface area (Å²) in [6, 6.07) is 6.31. The first-order chi connectivity index (χ1) is 9.75. The summed E-state index contributed by atoms with van der Waals surface area (Å²) in [6.07, 6.45) is 6.10. The van der Waals surface area contributed by atoms with Crippen LogP contribution in [0, 0.1) is 5.82 Å². The Balaban J connectivity index is 1.78. The number of hydrogen-bond acceptors (Lipinski definition) is 3. The van der Waals surface area contributed by atoms with Crippen LogP contribution >= 0.6 is 0 Å². The summed E-state index contributed by atoms with van der Waals surface area (Å²) < 4.78 is 13.3. The zero-order valence-corrected chi connectivity index (χ0v) is 11.5. The van der Waals surface area contributed by atoms with Crippen LogP contribution in [0.25, 0.3) is 0 Å². The average Bonchev–Trinajstić information content (AvgIpc) is 2.69. The van der Waals surface area contributed by atoms with Crippen LogP contribution in [0.15, 0.2) is 29.4 Å².